The number of ether oxygens (including phenoxy) is 1. The summed E-state index contributed by atoms with van der Waals surface area (Å²) in [5.74, 6) is -0.578. The van der Waals surface area contributed by atoms with Gasteiger partial charge < -0.3 is 9.30 Å². The fraction of sp³-hybridized carbons (Fsp3) is 0.375. The Balaban J connectivity index is 1.11. The molecule has 1 aliphatic heterocycles. The molecule has 1 aromatic heterocycles. The number of carbonyl (C=O) groups excluding carboxylic acids is 1. The summed E-state index contributed by atoms with van der Waals surface area (Å²) in [6.07, 6.45) is 6.12. The third-order valence-electron chi connectivity index (χ3n) is 7.14. The molecule has 1 atom stereocenters. The van der Waals surface area contributed by atoms with Gasteiger partial charge in [0.1, 0.15) is 17.4 Å². The minimum Gasteiger partial charge on any atom is -0.493 e. The van der Waals surface area contributed by atoms with Crippen molar-refractivity contribution in [2.75, 3.05) is 6.61 Å². The van der Waals surface area contributed by atoms with Crippen LogP contribution in [0.25, 0.3) is 11.0 Å². The average Bonchev–Trinajstić information content (AvgIpc) is 3.32. The highest BCUT2D eigenvalue weighted by Crippen LogP contribution is 2.74. The standard InChI is InChI=1S/C24H22F2N4O2/c1-29-14-27-19-9-18(2-3-21(19)29)32-13-23-10-24(11-23,12-23)22(31)30-20(4-5-28-30)15-6-16(25)8-17(26)7-15/h2-3,5-9,14,20H,4,10-13H2,1H3. The summed E-state index contributed by atoms with van der Waals surface area (Å²) in [6.45, 7) is 0.558. The lowest BCUT2D eigenvalue weighted by molar-refractivity contribution is -0.226. The van der Waals surface area contributed by atoms with Crippen molar-refractivity contribution in [2.45, 2.75) is 31.7 Å². The summed E-state index contributed by atoms with van der Waals surface area (Å²) in [5.41, 5.74) is 1.95. The molecule has 2 aromatic carbocycles. The Morgan fingerprint density at radius 3 is 2.66 bits per heavy atom. The van der Waals surface area contributed by atoms with Crippen molar-refractivity contribution >= 4 is 23.2 Å². The molecule has 3 aromatic rings. The highest BCUT2D eigenvalue weighted by Gasteiger charge is 2.72. The van der Waals surface area contributed by atoms with Gasteiger partial charge in [-0.3, -0.25) is 4.79 Å². The maximum atomic E-state index is 13.7. The summed E-state index contributed by atoms with van der Waals surface area (Å²) < 4.78 is 35.4. The predicted molar refractivity (Wildman–Crippen MR) is 114 cm³/mol. The number of carbonyl (C=O) groups is 1. The lowest BCUT2D eigenvalue weighted by Gasteiger charge is -2.69. The van der Waals surface area contributed by atoms with Gasteiger partial charge in [-0.05, 0) is 49.1 Å². The number of fused-ring (bicyclic) bond motifs is 1. The molecular weight excluding hydrogens is 414 g/mol. The molecule has 32 heavy (non-hydrogen) atoms. The van der Waals surface area contributed by atoms with Gasteiger partial charge in [0.15, 0.2) is 0 Å². The van der Waals surface area contributed by atoms with E-state index < -0.39 is 23.1 Å². The van der Waals surface area contributed by atoms with Gasteiger partial charge in [-0.1, -0.05) is 0 Å². The normalized spacial score (nSPS) is 28.0. The first-order chi connectivity index (χ1) is 15.4. The molecular formula is C24H22F2N4O2. The van der Waals surface area contributed by atoms with Crippen LogP contribution in [0, 0.1) is 22.5 Å². The number of aromatic nitrogens is 2. The van der Waals surface area contributed by atoms with Crippen molar-refractivity contribution in [2.24, 2.45) is 23.0 Å². The van der Waals surface area contributed by atoms with Crippen LogP contribution in [-0.4, -0.2) is 33.3 Å². The molecule has 1 amide bonds. The van der Waals surface area contributed by atoms with E-state index in [2.05, 4.69) is 10.1 Å². The number of hydrogen-bond acceptors (Lipinski definition) is 4. The molecule has 0 saturated heterocycles. The first kappa shape index (κ1) is 19.4. The quantitative estimate of drug-likeness (QED) is 0.597. The van der Waals surface area contributed by atoms with Crippen LogP contribution in [0.5, 0.6) is 5.75 Å². The van der Waals surface area contributed by atoms with Crippen molar-refractivity contribution in [1.29, 1.82) is 0 Å². The van der Waals surface area contributed by atoms with Crippen molar-refractivity contribution in [3.05, 3.63) is 59.9 Å². The predicted octanol–water partition coefficient (Wildman–Crippen LogP) is 4.36. The number of imidazole rings is 1. The number of benzene rings is 2. The van der Waals surface area contributed by atoms with Crippen LogP contribution in [0.1, 0.15) is 37.3 Å². The second kappa shape index (κ2) is 6.60. The zero-order valence-electron chi connectivity index (χ0n) is 17.6. The first-order valence-electron chi connectivity index (χ1n) is 10.7. The Bertz CT molecular complexity index is 1240. The lowest BCUT2D eigenvalue weighted by atomic mass is 9.35. The summed E-state index contributed by atoms with van der Waals surface area (Å²) in [7, 11) is 1.95. The molecule has 2 bridgehead atoms. The number of halogens is 2. The summed E-state index contributed by atoms with van der Waals surface area (Å²) in [6, 6.07) is 8.80. The molecule has 7 rings (SSSR count). The second-order valence-electron chi connectivity index (χ2n) is 9.51. The molecule has 0 N–H and O–H groups in total. The van der Waals surface area contributed by atoms with Crippen molar-refractivity contribution in [3.63, 3.8) is 0 Å². The maximum absolute atomic E-state index is 13.7. The Morgan fingerprint density at radius 1 is 1.16 bits per heavy atom. The molecule has 4 aliphatic rings. The van der Waals surface area contributed by atoms with Gasteiger partial charge in [0, 0.05) is 37.2 Å². The van der Waals surface area contributed by atoms with E-state index in [4.69, 9.17) is 4.74 Å². The molecule has 8 heteroatoms. The van der Waals surface area contributed by atoms with Crippen molar-refractivity contribution in [1.82, 2.24) is 14.6 Å². The summed E-state index contributed by atoms with van der Waals surface area (Å²) in [4.78, 5) is 17.6. The SMILES string of the molecule is Cn1cnc2cc(OCC34CC(C(=O)N5N=CCC5c5cc(F)cc(F)c5)(C3)C4)ccc21. The van der Waals surface area contributed by atoms with Crippen molar-refractivity contribution in [3.8, 4) is 5.75 Å². The average molecular weight is 436 g/mol. The van der Waals surface area contributed by atoms with Crippen LogP contribution < -0.4 is 4.74 Å². The van der Waals surface area contributed by atoms with Gasteiger partial charge in [0.05, 0.1) is 35.4 Å². The van der Waals surface area contributed by atoms with E-state index in [0.29, 0.717) is 18.6 Å². The van der Waals surface area contributed by atoms with E-state index in [9.17, 15) is 13.6 Å². The van der Waals surface area contributed by atoms with E-state index in [1.165, 1.54) is 17.1 Å². The Kier molecular flexibility index (Phi) is 4.00. The molecule has 164 valence electrons. The molecule has 3 fully saturated rings. The van der Waals surface area contributed by atoms with Crippen LogP contribution in [-0.2, 0) is 11.8 Å². The van der Waals surface area contributed by atoms with Gasteiger partial charge in [0.2, 0.25) is 5.91 Å². The van der Waals surface area contributed by atoms with E-state index in [0.717, 1.165) is 42.1 Å². The zero-order valence-corrected chi connectivity index (χ0v) is 17.6. The van der Waals surface area contributed by atoms with Gasteiger partial charge in [-0.15, -0.1) is 0 Å². The van der Waals surface area contributed by atoms with Crippen LogP contribution in [0.15, 0.2) is 47.8 Å². The number of nitrogens with zero attached hydrogens (tertiary/aromatic N) is 4. The molecule has 3 saturated carbocycles. The van der Waals surface area contributed by atoms with Crippen molar-refractivity contribution < 1.29 is 18.3 Å². The lowest BCUT2D eigenvalue weighted by Crippen LogP contribution is -2.69. The van der Waals surface area contributed by atoms with E-state index in [1.54, 1.807) is 12.5 Å². The van der Waals surface area contributed by atoms with Gasteiger partial charge >= 0.3 is 0 Å². The van der Waals surface area contributed by atoms with Gasteiger partial charge in [0.25, 0.3) is 0 Å². The topological polar surface area (TPSA) is 59.7 Å². The third kappa shape index (κ3) is 2.85. The van der Waals surface area contributed by atoms with Crippen LogP contribution in [0.4, 0.5) is 8.78 Å². The van der Waals surface area contributed by atoms with Crippen LogP contribution >= 0.6 is 0 Å². The summed E-state index contributed by atoms with van der Waals surface area (Å²) >= 11 is 0. The molecule has 6 nitrogen and oxygen atoms in total. The molecule has 0 spiro atoms. The first-order valence-corrected chi connectivity index (χ1v) is 10.7. The van der Waals surface area contributed by atoms with E-state index >= 15 is 0 Å². The highest BCUT2D eigenvalue weighted by molar-refractivity contribution is 5.88. The minimum atomic E-state index is -0.648. The number of hydrazone groups is 1. The molecule has 0 radical (unpaired) electrons. The number of rotatable bonds is 5. The molecule has 1 unspecified atom stereocenters. The monoisotopic (exact) mass is 436 g/mol. The van der Waals surface area contributed by atoms with Crippen LogP contribution in [0.2, 0.25) is 0 Å². The maximum Gasteiger partial charge on any atom is 0.249 e. The largest absolute Gasteiger partial charge is 0.493 e. The summed E-state index contributed by atoms with van der Waals surface area (Å²) in [5, 5.41) is 5.67. The fourth-order valence-electron chi connectivity index (χ4n) is 5.72. The number of hydrogen-bond donors (Lipinski definition) is 0. The number of amides is 1. The van der Waals surface area contributed by atoms with Crippen LogP contribution in [0.3, 0.4) is 0 Å². The van der Waals surface area contributed by atoms with E-state index in [-0.39, 0.29) is 11.3 Å². The fourth-order valence-corrected chi connectivity index (χ4v) is 5.72. The van der Waals surface area contributed by atoms with E-state index in [1.807, 2.05) is 29.8 Å². The van der Waals surface area contributed by atoms with Gasteiger partial charge in [-0.2, -0.15) is 5.10 Å². The Labute approximate surface area is 183 Å². The third-order valence-corrected chi connectivity index (χ3v) is 7.14. The molecule has 2 heterocycles. The Morgan fingerprint density at radius 2 is 1.91 bits per heavy atom. The minimum absolute atomic E-state index is 0.0125. The zero-order chi connectivity index (χ0) is 22.1. The molecule has 3 aliphatic carbocycles. The Hall–Kier alpha value is -3.29. The second-order valence-corrected chi connectivity index (χ2v) is 9.51. The van der Waals surface area contributed by atoms with Gasteiger partial charge in [-0.25, -0.2) is 18.8 Å². The highest BCUT2D eigenvalue weighted by atomic mass is 19.1. The number of aryl methyl sites for hydroxylation is 1. The smallest absolute Gasteiger partial charge is 0.249 e.